The van der Waals surface area contributed by atoms with E-state index in [0.29, 0.717) is 6.54 Å². The highest BCUT2D eigenvalue weighted by Gasteiger charge is 2.51. The predicted molar refractivity (Wildman–Crippen MR) is 92.5 cm³/mol. The molecular weight excluding hydrogens is 318 g/mol. The first-order chi connectivity index (χ1) is 11.9. The Morgan fingerprint density at radius 3 is 2.32 bits per heavy atom. The first-order valence-corrected chi connectivity index (χ1v) is 9.50. The van der Waals surface area contributed by atoms with Gasteiger partial charge in [0, 0.05) is 19.2 Å². The van der Waals surface area contributed by atoms with Gasteiger partial charge in [-0.25, -0.2) is 4.79 Å². The number of nitrogens with zero attached hydrogens (tertiary/aromatic N) is 1. The standard InChI is InChI=1S/C19H27N3O3/c1-12(19-8-13-5-14(9-19)7-15(6-13)10-19)4-16(23)20-2-3-22-17(24)11-21-18(22)25/h4,13-15H,2-3,5-11H2,1H3,(H,20,23)(H,21,25). The third-order valence-corrected chi connectivity index (χ3v) is 6.79. The van der Waals surface area contributed by atoms with E-state index in [-0.39, 0.29) is 36.3 Å². The van der Waals surface area contributed by atoms with Crippen molar-refractivity contribution in [2.24, 2.45) is 23.2 Å². The summed E-state index contributed by atoms with van der Waals surface area (Å²) < 4.78 is 0. The number of hydrogen-bond donors (Lipinski definition) is 2. The van der Waals surface area contributed by atoms with Crippen molar-refractivity contribution >= 4 is 17.8 Å². The van der Waals surface area contributed by atoms with Crippen LogP contribution >= 0.6 is 0 Å². The number of rotatable bonds is 5. The summed E-state index contributed by atoms with van der Waals surface area (Å²) in [6, 6.07) is -0.375. The molecule has 1 saturated heterocycles. The van der Waals surface area contributed by atoms with Crippen molar-refractivity contribution in [3.63, 3.8) is 0 Å². The molecule has 5 aliphatic rings. The maximum Gasteiger partial charge on any atom is 0.324 e. The second-order valence-electron chi connectivity index (χ2n) is 8.52. The lowest BCUT2D eigenvalue weighted by molar-refractivity contribution is -0.125. The first-order valence-electron chi connectivity index (χ1n) is 9.50. The molecule has 1 heterocycles. The van der Waals surface area contributed by atoms with E-state index >= 15 is 0 Å². The Kier molecular flexibility index (Phi) is 4.08. The minimum atomic E-state index is -0.375. The van der Waals surface area contributed by atoms with Crippen LogP contribution in [0, 0.1) is 23.2 Å². The number of carbonyl (C=O) groups excluding carboxylic acids is 3. The van der Waals surface area contributed by atoms with Crippen LogP contribution in [0.15, 0.2) is 11.6 Å². The van der Waals surface area contributed by atoms with Gasteiger partial charge in [0.15, 0.2) is 0 Å². The molecule has 136 valence electrons. The quantitative estimate of drug-likeness (QED) is 0.589. The molecule has 0 aromatic carbocycles. The lowest BCUT2D eigenvalue weighted by Gasteiger charge is -2.57. The van der Waals surface area contributed by atoms with Crippen LogP contribution < -0.4 is 10.6 Å². The lowest BCUT2D eigenvalue weighted by atomic mass is 9.48. The summed E-state index contributed by atoms with van der Waals surface area (Å²) in [5, 5.41) is 5.30. The minimum absolute atomic E-state index is 0.0534. The third kappa shape index (κ3) is 3.07. The Morgan fingerprint density at radius 2 is 1.80 bits per heavy atom. The molecule has 6 nitrogen and oxygen atoms in total. The molecule has 4 amide bonds. The number of urea groups is 1. The maximum absolute atomic E-state index is 12.3. The van der Waals surface area contributed by atoms with Gasteiger partial charge in [-0.1, -0.05) is 5.57 Å². The van der Waals surface area contributed by atoms with Gasteiger partial charge in [-0.2, -0.15) is 0 Å². The molecule has 25 heavy (non-hydrogen) atoms. The third-order valence-electron chi connectivity index (χ3n) is 6.79. The number of allylic oxidation sites excluding steroid dienone is 1. The highest BCUT2D eigenvalue weighted by atomic mass is 16.2. The van der Waals surface area contributed by atoms with Gasteiger partial charge in [0.1, 0.15) is 0 Å². The van der Waals surface area contributed by atoms with Crippen molar-refractivity contribution in [2.45, 2.75) is 45.4 Å². The van der Waals surface area contributed by atoms with Crippen LogP contribution in [0.3, 0.4) is 0 Å². The molecule has 0 aromatic heterocycles. The second kappa shape index (κ2) is 6.15. The van der Waals surface area contributed by atoms with Crippen LogP contribution in [0.25, 0.3) is 0 Å². The smallest absolute Gasteiger partial charge is 0.324 e. The van der Waals surface area contributed by atoms with Gasteiger partial charge < -0.3 is 10.6 Å². The van der Waals surface area contributed by atoms with Crippen molar-refractivity contribution < 1.29 is 14.4 Å². The number of amides is 4. The van der Waals surface area contributed by atoms with Gasteiger partial charge >= 0.3 is 6.03 Å². The molecule has 0 spiro atoms. The van der Waals surface area contributed by atoms with Gasteiger partial charge in [-0.15, -0.1) is 0 Å². The van der Waals surface area contributed by atoms with Crippen molar-refractivity contribution in [3.8, 4) is 0 Å². The molecule has 0 unspecified atom stereocenters. The Balaban J connectivity index is 1.33. The molecule has 5 fully saturated rings. The zero-order valence-electron chi connectivity index (χ0n) is 14.8. The number of carbonyl (C=O) groups is 3. The average Bonchev–Trinajstić information content (AvgIpc) is 2.85. The summed E-state index contributed by atoms with van der Waals surface area (Å²) in [7, 11) is 0. The fraction of sp³-hybridized carbons (Fsp3) is 0.737. The highest BCUT2D eigenvalue weighted by molar-refractivity contribution is 6.02. The van der Waals surface area contributed by atoms with E-state index < -0.39 is 0 Å². The molecule has 5 rings (SSSR count). The second-order valence-corrected chi connectivity index (χ2v) is 8.52. The molecule has 0 radical (unpaired) electrons. The molecule has 6 heteroatoms. The molecule has 0 atom stereocenters. The molecular formula is C19H27N3O3. The Bertz CT molecular complexity index is 589. The normalized spacial score (nSPS) is 36.8. The Labute approximate surface area is 148 Å². The highest BCUT2D eigenvalue weighted by Crippen LogP contribution is 2.62. The SMILES string of the molecule is CC(=CC(=O)NCCN1C(=O)CNC1=O)C12CC3CC(CC(C3)C1)C2. The number of hydrogen-bond acceptors (Lipinski definition) is 3. The van der Waals surface area contributed by atoms with E-state index in [1.54, 1.807) is 6.08 Å². The summed E-state index contributed by atoms with van der Waals surface area (Å²) in [6.45, 7) is 2.69. The van der Waals surface area contributed by atoms with Gasteiger partial charge in [0.05, 0.1) is 6.54 Å². The Hall–Kier alpha value is -1.85. The molecule has 4 bridgehead atoms. The van der Waals surface area contributed by atoms with Crippen molar-refractivity contribution in [2.75, 3.05) is 19.6 Å². The largest absolute Gasteiger partial charge is 0.351 e. The predicted octanol–water partition coefficient (Wildman–Crippen LogP) is 1.82. The molecule has 0 aromatic rings. The topological polar surface area (TPSA) is 78.5 Å². The fourth-order valence-electron chi connectivity index (χ4n) is 5.97. The average molecular weight is 345 g/mol. The zero-order valence-corrected chi connectivity index (χ0v) is 14.8. The number of nitrogens with one attached hydrogen (secondary N) is 2. The van der Waals surface area contributed by atoms with E-state index in [2.05, 4.69) is 17.6 Å². The summed E-state index contributed by atoms with van der Waals surface area (Å²) >= 11 is 0. The monoisotopic (exact) mass is 345 g/mol. The van der Waals surface area contributed by atoms with Gasteiger partial charge in [0.2, 0.25) is 11.8 Å². The number of imide groups is 1. The zero-order chi connectivity index (χ0) is 17.6. The van der Waals surface area contributed by atoms with E-state index in [1.807, 2.05) is 0 Å². The lowest BCUT2D eigenvalue weighted by Crippen LogP contribution is -2.46. The van der Waals surface area contributed by atoms with Crippen LogP contribution in [0.2, 0.25) is 0 Å². The Morgan fingerprint density at radius 1 is 1.20 bits per heavy atom. The van der Waals surface area contributed by atoms with Gasteiger partial charge in [-0.3, -0.25) is 14.5 Å². The van der Waals surface area contributed by atoms with Crippen molar-refractivity contribution in [3.05, 3.63) is 11.6 Å². The van der Waals surface area contributed by atoms with Crippen LogP contribution in [-0.4, -0.2) is 42.4 Å². The van der Waals surface area contributed by atoms with E-state index in [9.17, 15) is 14.4 Å². The minimum Gasteiger partial charge on any atom is -0.351 e. The summed E-state index contributed by atoms with van der Waals surface area (Å²) in [5.74, 6) is 2.23. The van der Waals surface area contributed by atoms with Crippen molar-refractivity contribution in [1.29, 1.82) is 0 Å². The van der Waals surface area contributed by atoms with Crippen molar-refractivity contribution in [1.82, 2.24) is 15.5 Å². The molecule has 1 aliphatic heterocycles. The molecule has 4 saturated carbocycles. The summed E-state index contributed by atoms with van der Waals surface area (Å²) in [4.78, 5) is 36.4. The van der Waals surface area contributed by atoms with Crippen LogP contribution in [-0.2, 0) is 9.59 Å². The molecule has 2 N–H and O–H groups in total. The summed E-state index contributed by atoms with van der Waals surface area (Å²) in [5.41, 5.74) is 1.47. The van der Waals surface area contributed by atoms with E-state index in [0.717, 1.165) is 22.7 Å². The fourth-order valence-corrected chi connectivity index (χ4v) is 5.97. The van der Waals surface area contributed by atoms with E-state index in [1.165, 1.54) is 44.1 Å². The van der Waals surface area contributed by atoms with Crippen LogP contribution in [0.1, 0.15) is 45.4 Å². The van der Waals surface area contributed by atoms with Gasteiger partial charge in [0.25, 0.3) is 0 Å². The van der Waals surface area contributed by atoms with Crippen LogP contribution in [0.4, 0.5) is 4.79 Å². The maximum atomic E-state index is 12.3. The van der Waals surface area contributed by atoms with Crippen LogP contribution in [0.5, 0.6) is 0 Å². The van der Waals surface area contributed by atoms with Gasteiger partial charge in [-0.05, 0) is 68.6 Å². The van der Waals surface area contributed by atoms with E-state index in [4.69, 9.17) is 0 Å². The summed E-state index contributed by atoms with van der Waals surface area (Å²) in [6.07, 6.45) is 9.68. The first kappa shape index (κ1) is 16.6. The molecule has 4 aliphatic carbocycles.